The largest absolute Gasteiger partial charge is 0.357 e. The molecule has 1 fully saturated rings. The van der Waals surface area contributed by atoms with E-state index in [1.54, 1.807) is 23.1 Å². The number of pyridine rings is 1. The molecule has 1 N–H and O–H groups in total. The van der Waals surface area contributed by atoms with Gasteiger partial charge >= 0.3 is 0 Å². The van der Waals surface area contributed by atoms with E-state index in [1.165, 1.54) is 18.4 Å². The fraction of sp³-hybridized carbons (Fsp3) is 0.273. The lowest BCUT2D eigenvalue weighted by Crippen LogP contribution is -2.24. The zero-order valence-corrected chi connectivity index (χ0v) is 17.3. The standard InChI is InChI=1S/C22H23N3OS2/c26-22(19-5-1-2-6-20(19)28-16-18-9-12-27-15-18)24-14-17-7-8-21(23-13-17)25-10-3-4-11-25/h1-2,5-9,12-13,15H,3-4,10-11,14,16H2,(H,24,26). The number of aromatic nitrogens is 1. The highest BCUT2D eigenvalue weighted by Gasteiger charge is 2.14. The maximum Gasteiger partial charge on any atom is 0.252 e. The number of hydrogen-bond donors (Lipinski definition) is 1. The summed E-state index contributed by atoms with van der Waals surface area (Å²) in [5, 5.41) is 7.26. The Morgan fingerprint density at radius 3 is 2.71 bits per heavy atom. The van der Waals surface area contributed by atoms with Gasteiger partial charge in [0.15, 0.2) is 0 Å². The molecule has 1 saturated heterocycles. The zero-order valence-electron chi connectivity index (χ0n) is 15.6. The van der Waals surface area contributed by atoms with Crippen molar-refractivity contribution in [2.24, 2.45) is 0 Å². The molecule has 0 spiro atoms. The lowest BCUT2D eigenvalue weighted by Gasteiger charge is -2.16. The highest BCUT2D eigenvalue weighted by atomic mass is 32.2. The zero-order chi connectivity index (χ0) is 19.2. The van der Waals surface area contributed by atoms with Gasteiger partial charge in [-0.25, -0.2) is 4.98 Å². The summed E-state index contributed by atoms with van der Waals surface area (Å²) in [7, 11) is 0. The van der Waals surface area contributed by atoms with E-state index in [9.17, 15) is 4.79 Å². The summed E-state index contributed by atoms with van der Waals surface area (Å²) in [6.07, 6.45) is 4.35. The van der Waals surface area contributed by atoms with Crippen LogP contribution in [-0.2, 0) is 12.3 Å². The van der Waals surface area contributed by atoms with E-state index in [2.05, 4.69) is 44.2 Å². The second-order valence-corrected chi connectivity index (χ2v) is 8.62. The van der Waals surface area contributed by atoms with Gasteiger partial charge in [0.25, 0.3) is 5.91 Å². The Bertz CT molecular complexity index is 904. The third-order valence-electron chi connectivity index (χ3n) is 4.80. The number of hydrogen-bond acceptors (Lipinski definition) is 5. The summed E-state index contributed by atoms with van der Waals surface area (Å²) in [5.74, 6) is 1.86. The monoisotopic (exact) mass is 409 g/mol. The van der Waals surface area contributed by atoms with Crippen LogP contribution in [0.3, 0.4) is 0 Å². The van der Waals surface area contributed by atoms with Crippen molar-refractivity contribution in [2.75, 3.05) is 18.0 Å². The molecule has 0 atom stereocenters. The Hall–Kier alpha value is -2.31. The van der Waals surface area contributed by atoms with Gasteiger partial charge in [-0.2, -0.15) is 11.3 Å². The normalized spacial score (nSPS) is 13.6. The molecular formula is C22H23N3OS2. The van der Waals surface area contributed by atoms with Crippen LogP contribution < -0.4 is 10.2 Å². The van der Waals surface area contributed by atoms with E-state index in [0.717, 1.165) is 40.7 Å². The van der Waals surface area contributed by atoms with Crippen molar-refractivity contribution >= 4 is 34.8 Å². The minimum absolute atomic E-state index is 0.0444. The Kier molecular flexibility index (Phi) is 6.29. The molecule has 0 aliphatic carbocycles. The van der Waals surface area contributed by atoms with Gasteiger partial charge in [-0.3, -0.25) is 4.79 Å². The summed E-state index contributed by atoms with van der Waals surface area (Å²) >= 11 is 3.40. The number of nitrogens with one attached hydrogen (secondary N) is 1. The molecule has 1 aliphatic rings. The molecule has 144 valence electrons. The van der Waals surface area contributed by atoms with Crippen LogP contribution in [0.15, 0.2) is 64.3 Å². The molecule has 0 saturated carbocycles. The van der Waals surface area contributed by atoms with Crippen molar-refractivity contribution in [3.05, 3.63) is 76.1 Å². The maximum atomic E-state index is 12.7. The first-order chi connectivity index (χ1) is 13.8. The third-order valence-corrected chi connectivity index (χ3v) is 6.68. The second-order valence-electron chi connectivity index (χ2n) is 6.82. The SMILES string of the molecule is O=C(NCc1ccc(N2CCCC2)nc1)c1ccccc1SCc1ccsc1. The molecule has 1 amide bonds. The molecule has 3 heterocycles. The molecule has 28 heavy (non-hydrogen) atoms. The van der Waals surface area contributed by atoms with Crippen molar-refractivity contribution < 1.29 is 4.79 Å². The molecule has 4 nitrogen and oxygen atoms in total. The van der Waals surface area contributed by atoms with E-state index in [1.807, 2.05) is 30.5 Å². The van der Waals surface area contributed by atoms with Crippen molar-refractivity contribution in [3.8, 4) is 0 Å². The second kappa shape index (κ2) is 9.26. The number of carbonyl (C=O) groups excluding carboxylic acids is 1. The predicted molar refractivity (Wildman–Crippen MR) is 117 cm³/mol. The predicted octanol–water partition coefficient (Wildman–Crippen LogP) is 4.97. The minimum Gasteiger partial charge on any atom is -0.357 e. The van der Waals surface area contributed by atoms with E-state index < -0.39 is 0 Å². The van der Waals surface area contributed by atoms with E-state index in [4.69, 9.17) is 0 Å². The molecule has 0 bridgehead atoms. The molecule has 0 radical (unpaired) electrons. The van der Waals surface area contributed by atoms with Gasteiger partial charge in [-0.05, 0) is 59.0 Å². The van der Waals surface area contributed by atoms with Gasteiger partial charge in [0, 0.05) is 36.5 Å². The molecule has 2 aromatic heterocycles. The average molecular weight is 410 g/mol. The van der Waals surface area contributed by atoms with Crippen LogP contribution in [0.2, 0.25) is 0 Å². The number of thioether (sulfide) groups is 1. The summed E-state index contributed by atoms with van der Waals surface area (Å²) in [6, 6.07) is 14.0. The topological polar surface area (TPSA) is 45.2 Å². The first-order valence-electron chi connectivity index (χ1n) is 9.50. The number of anilines is 1. The van der Waals surface area contributed by atoms with E-state index in [-0.39, 0.29) is 5.91 Å². The number of benzene rings is 1. The van der Waals surface area contributed by atoms with Crippen molar-refractivity contribution in [1.82, 2.24) is 10.3 Å². The number of rotatable bonds is 7. The van der Waals surface area contributed by atoms with Gasteiger partial charge in [0.1, 0.15) is 5.82 Å². The van der Waals surface area contributed by atoms with Gasteiger partial charge in [-0.1, -0.05) is 18.2 Å². The van der Waals surface area contributed by atoms with Gasteiger partial charge < -0.3 is 10.2 Å². The lowest BCUT2D eigenvalue weighted by atomic mass is 10.2. The minimum atomic E-state index is -0.0444. The van der Waals surface area contributed by atoms with Crippen LogP contribution in [0.25, 0.3) is 0 Å². The van der Waals surface area contributed by atoms with Crippen LogP contribution in [-0.4, -0.2) is 24.0 Å². The fourth-order valence-electron chi connectivity index (χ4n) is 3.25. The first kappa shape index (κ1) is 19.0. The Balaban J connectivity index is 1.35. The highest BCUT2D eigenvalue weighted by molar-refractivity contribution is 7.98. The average Bonchev–Trinajstić information content (AvgIpc) is 3.45. The van der Waals surface area contributed by atoms with Gasteiger partial charge in [0.05, 0.1) is 5.56 Å². The van der Waals surface area contributed by atoms with Crippen molar-refractivity contribution in [2.45, 2.75) is 30.0 Å². The lowest BCUT2D eigenvalue weighted by molar-refractivity contribution is 0.0948. The fourth-order valence-corrected chi connectivity index (χ4v) is 5.01. The Morgan fingerprint density at radius 1 is 1.11 bits per heavy atom. The number of thiophene rings is 1. The number of carbonyl (C=O) groups is 1. The summed E-state index contributed by atoms with van der Waals surface area (Å²) in [4.78, 5) is 20.6. The van der Waals surface area contributed by atoms with E-state index in [0.29, 0.717) is 6.54 Å². The molecule has 3 aromatic rings. The van der Waals surface area contributed by atoms with E-state index >= 15 is 0 Å². The Morgan fingerprint density at radius 2 is 1.96 bits per heavy atom. The van der Waals surface area contributed by atoms with Crippen LogP contribution in [0.5, 0.6) is 0 Å². The summed E-state index contributed by atoms with van der Waals surface area (Å²) < 4.78 is 0. The van der Waals surface area contributed by atoms with Crippen LogP contribution in [0, 0.1) is 0 Å². The van der Waals surface area contributed by atoms with Crippen molar-refractivity contribution in [3.63, 3.8) is 0 Å². The molecule has 4 rings (SSSR count). The molecule has 0 unspecified atom stereocenters. The van der Waals surface area contributed by atoms with Crippen LogP contribution >= 0.6 is 23.1 Å². The molecule has 6 heteroatoms. The number of amides is 1. The van der Waals surface area contributed by atoms with Crippen LogP contribution in [0.1, 0.15) is 34.3 Å². The Labute approximate surface area is 174 Å². The molecular weight excluding hydrogens is 386 g/mol. The van der Waals surface area contributed by atoms with Crippen molar-refractivity contribution in [1.29, 1.82) is 0 Å². The first-order valence-corrected chi connectivity index (χ1v) is 11.4. The number of nitrogens with zero attached hydrogens (tertiary/aromatic N) is 2. The maximum absolute atomic E-state index is 12.7. The smallest absolute Gasteiger partial charge is 0.252 e. The van der Waals surface area contributed by atoms with Crippen LogP contribution in [0.4, 0.5) is 5.82 Å². The molecule has 1 aromatic carbocycles. The summed E-state index contributed by atoms with van der Waals surface area (Å²) in [5.41, 5.74) is 3.03. The van der Waals surface area contributed by atoms with Gasteiger partial charge in [0.2, 0.25) is 0 Å². The quantitative estimate of drug-likeness (QED) is 0.560. The summed E-state index contributed by atoms with van der Waals surface area (Å²) in [6.45, 7) is 2.65. The van der Waals surface area contributed by atoms with Gasteiger partial charge in [-0.15, -0.1) is 11.8 Å². The highest BCUT2D eigenvalue weighted by Crippen LogP contribution is 2.27. The third kappa shape index (κ3) is 4.75. The molecule has 1 aliphatic heterocycles.